The summed E-state index contributed by atoms with van der Waals surface area (Å²) in [5, 5.41) is 0. The summed E-state index contributed by atoms with van der Waals surface area (Å²) in [5.41, 5.74) is -1.08. The van der Waals surface area contributed by atoms with Gasteiger partial charge in [-0.3, -0.25) is 0 Å². The van der Waals surface area contributed by atoms with E-state index in [1.54, 1.807) is 0 Å². The Kier molecular flexibility index (Phi) is 6.34. The third-order valence-corrected chi connectivity index (χ3v) is 6.34. The van der Waals surface area contributed by atoms with Gasteiger partial charge in [0.25, 0.3) is 0 Å². The van der Waals surface area contributed by atoms with E-state index in [-0.39, 0.29) is 0 Å². The predicted molar refractivity (Wildman–Crippen MR) is 94.8 cm³/mol. The largest absolute Gasteiger partial charge is 0.494 e. The molecule has 27 heavy (non-hydrogen) atoms. The Hall–Kier alpha value is -1.30. The normalized spacial score (nSPS) is 29.6. The fourth-order valence-electron chi connectivity index (χ4n) is 4.62. The second kappa shape index (κ2) is 8.38. The Morgan fingerprint density at radius 3 is 1.96 bits per heavy atom. The SMILES string of the molecule is COc1ccc(C(F)(F)OC2CCC(C3CCC(C)CC3)CC2)c(F)c1F. The molecule has 0 spiro atoms. The Labute approximate surface area is 158 Å². The lowest BCUT2D eigenvalue weighted by Crippen LogP contribution is -2.33. The molecule has 0 amide bonds. The Morgan fingerprint density at radius 2 is 1.41 bits per heavy atom. The number of alkyl halides is 2. The molecule has 0 heterocycles. The Morgan fingerprint density at radius 1 is 0.852 bits per heavy atom. The van der Waals surface area contributed by atoms with E-state index in [1.807, 2.05) is 0 Å². The van der Waals surface area contributed by atoms with Crippen molar-refractivity contribution < 1.29 is 27.0 Å². The standard InChI is InChI=1S/C21H28F4O2/c1-13-3-5-14(6-4-13)15-7-9-16(10-8-15)27-21(24,25)17-11-12-18(26-2)20(23)19(17)22/h11-16H,3-10H2,1-2H3. The summed E-state index contributed by atoms with van der Waals surface area (Å²) in [6.07, 6.45) is 3.24. The zero-order valence-electron chi connectivity index (χ0n) is 15.9. The highest BCUT2D eigenvalue weighted by molar-refractivity contribution is 5.32. The van der Waals surface area contributed by atoms with Crippen LogP contribution in [0, 0.1) is 29.4 Å². The summed E-state index contributed by atoms with van der Waals surface area (Å²) in [4.78, 5) is 0. The number of hydrogen-bond donors (Lipinski definition) is 0. The van der Waals surface area contributed by atoms with E-state index in [1.165, 1.54) is 25.7 Å². The maximum atomic E-state index is 14.4. The summed E-state index contributed by atoms with van der Waals surface area (Å²) in [6, 6.07) is 1.82. The second-order valence-electron chi connectivity index (χ2n) is 8.13. The molecular formula is C21H28F4O2. The van der Waals surface area contributed by atoms with E-state index in [0.717, 1.165) is 38.0 Å². The van der Waals surface area contributed by atoms with Gasteiger partial charge in [-0.15, -0.1) is 0 Å². The summed E-state index contributed by atoms with van der Waals surface area (Å²) in [5.74, 6) is -1.40. The first-order valence-electron chi connectivity index (χ1n) is 9.90. The molecular weight excluding hydrogens is 360 g/mol. The van der Waals surface area contributed by atoms with Crippen molar-refractivity contribution in [2.45, 2.75) is 70.5 Å². The van der Waals surface area contributed by atoms with Gasteiger partial charge in [0, 0.05) is 0 Å². The van der Waals surface area contributed by atoms with Crippen LogP contribution in [0.4, 0.5) is 17.6 Å². The molecule has 2 saturated carbocycles. The first-order valence-corrected chi connectivity index (χ1v) is 9.90. The van der Waals surface area contributed by atoms with Crippen molar-refractivity contribution >= 4 is 0 Å². The van der Waals surface area contributed by atoms with Gasteiger partial charge in [0.2, 0.25) is 5.82 Å². The molecule has 2 aliphatic rings. The quantitative estimate of drug-likeness (QED) is 0.542. The topological polar surface area (TPSA) is 18.5 Å². The number of benzene rings is 1. The van der Waals surface area contributed by atoms with Gasteiger partial charge in [-0.25, -0.2) is 4.39 Å². The molecule has 1 aromatic carbocycles. The minimum atomic E-state index is -3.87. The van der Waals surface area contributed by atoms with Crippen LogP contribution in [0.3, 0.4) is 0 Å². The van der Waals surface area contributed by atoms with Crippen LogP contribution in [0.25, 0.3) is 0 Å². The van der Waals surface area contributed by atoms with E-state index in [2.05, 4.69) is 11.7 Å². The van der Waals surface area contributed by atoms with Crippen LogP contribution in [0.1, 0.15) is 63.9 Å². The Balaban J connectivity index is 1.59. The van der Waals surface area contributed by atoms with Crippen molar-refractivity contribution in [3.05, 3.63) is 29.3 Å². The van der Waals surface area contributed by atoms with Crippen LogP contribution in [0.5, 0.6) is 5.75 Å². The minimum absolute atomic E-state index is 0.408. The zero-order valence-corrected chi connectivity index (χ0v) is 15.9. The van der Waals surface area contributed by atoms with Gasteiger partial charge in [-0.1, -0.05) is 19.8 Å². The molecule has 0 aromatic heterocycles. The molecule has 0 N–H and O–H groups in total. The number of hydrogen-bond acceptors (Lipinski definition) is 2. The highest BCUT2D eigenvalue weighted by Gasteiger charge is 2.41. The maximum absolute atomic E-state index is 14.4. The summed E-state index contributed by atoms with van der Waals surface area (Å²) in [6.45, 7) is 2.28. The molecule has 6 heteroatoms. The number of rotatable bonds is 5. The molecule has 0 atom stereocenters. The van der Waals surface area contributed by atoms with E-state index in [4.69, 9.17) is 4.74 Å². The fraction of sp³-hybridized carbons (Fsp3) is 0.714. The zero-order chi connectivity index (χ0) is 19.6. The highest BCUT2D eigenvalue weighted by atomic mass is 19.3. The summed E-state index contributed by atoms with van der Waals surface area (Å²) < 4.78 is 66.2. The molecule has 0 saturated heterocycles. The number of ether oxygens (including phenoxy) is 2. The van der Waals surface area contributed by atoms with Crippen molar-refractivity contribution in [1.82, 2.24) is 0 Å². The Bertz CT molecular complexity index is 633. The number of halogens is 4. The van der Waals surface area contributed by atoms with Crippen molar-refractivity contribution in [3.63, 3.8) is 0 Å². The van der Waals surface area contributed by atoms with Crippen molar-refractivity contribution in [2.75, 3.05) is 7.11 Å². The molecule has 0 aliphatic heterocycles. The predicted octanol–water partition coefficient (Wildman–Crippen LogP) is 6.42. The molecule has 0 unspecified atom stereocenters. The van der Waals surface area contributed by atoms with E-state index in [9.17, 15) is 17.6 Å². The van der Waals surface area contributed by atoms with E-state index >= 15 is 0 Å². The average molecular weight is 388 g/mol. The lowest BCUT2D eigenvalue weighted by Gasteiger charge is -2.37. The molecule has 3 rings (SSSR count). The third kappa shape index (κ3) is 4.58. The van der Waals surface area contributed by atoms with Crippen LogP contribution in [0.15, 0.2) is 12.1 Å². The molecule has 152 valence electrons. The molecule has 2 fully saturated rings. The monoisotopic (exact) mass is 388 g/mol. The molecule has 1 aromatic rings. The van der Waals surface area contributed by atoms with Gasteiger partial charge in [0.1, 0.15) is 0 Å². The lowest BCUT2D eigenvalue weighted by molar-refractivity contribution is -0.280. The third-order valence-electron chi connectivity index (χ3n) is 6.34. The second-order valence-corrected chi connectivity index (χ2v) is 8.13. The van der Waals surface area contributed by atoms with Gasteiger partial charge in [-0.2, -0.15) is 13.2 Å². The van der Waals surface area contributed by atoms with Crippen LogP contribution in [-0.4, -0.2) is 13.2 Å². The minimum Gasteiger partial charge on any atom is -0.494 e. The van der Waals surface area contributed by atoms with Crippen LogP contribution < -0.4 is 4.74 Å². The van der Waals surface area contributed by atoms with Gasteiger partial charge >= 0.3 is 6.11 Å². The molecule has 0 radical (unpaired) electrons. The van der Waals surface area contributed by atoms with E-state index in [0.29, 0.717) is 24.7 Å². The highest BCUT2D eigenvalue weighted by Crippen LogP contribution is 2.43. The van der Waals surface area contributed by atoms with Gasteiger partial charge in [0.05, 0.1) is 18.8 Å². The first kappa shape index (κ1) is 20.4. The van der Waals surface area contributed by atoms with Crippen LogP contribution in [0.2, 0.25) is 0 Å². The van der Waals surface area contributed by atoms with Crippen molar-refractivity contribution in [1.29, 1.82) is 0 Å². The molecule has 2 aliphatic carbocycles. The maximum Gasteiger partial charge on any atom is 0.386 e. The smallest absolute Gasteiger partial charge is 0.386 e. The van der Waals surface area contributed by atoms with E-state index < -0.39 is 35.2 Å². The molecule has 2 nitrogen and oxygen atoms in total. The fourth-order valence-corrected chi connectivity index (χ4v) is 4.62. The first-order chi connectivity index (χ1) is 12.8. The van der Waals surface area contributed by atoms with Crippen molar-refractivity contribution in [3.8, 4) is 5.75 Å². The van der Waals surface area contributed by atoms with Crippen LogP contribution in [-0.2, 0) is 10.8 Å². The average Bonchev–Trinajstić information content (AvgIpc) is 2.65. The van der Waals surface area contributed by atoms with Gasteiger partial charge in [0.15, 0.2) is 11.6 Å². The van der Waals surface area contributed by atoms with Crippen molar-refractivity contribution in [2.24, 2.45) is 17.8 Å². The molecule has 0 bridgehead atoms. The number of methoxy groups -OCH3 is 1. The van der Waals surface area contributed by atoms with Crippen LogP contribution >= 0.6 is 0 Å². The summed E-state index contributed by atoms with van der Waals surface area (Å²) in [7, 11) is 1.15. The van der Waals surface area contributed by atoms with Gasteiger partial charge < -0.3 is 9.47 Å². The van der Waals surface area contributed by atoms with Gasteiger partial charge in [-0.05, 0) is 68.4 Å². The summed E-state index contributed by atoms with van der Waals surface area (Å²) >= 11 is 0. The lowest BCUT2D eigenvalue weighted by atomic mass is 9.71.